The fourth-order valence-electron chi connectivity index (χ4n) is 5.61. The number of rotatable bonds is 10. The average molecular weight is 615 g/mol. The van der Waals surface area contributed by atoms with Gasteiger partial charge in [0.25, 0.3) is 0 Å². The summed E-state index contributed by atoms with van der Waals surface area (Å²) in [5.74, 6) is 1.42. The molecule has 0 amide bonds. The van der Waals surface area contributed by atoms with Crippen molar-refractivity contribution in [3.63, 3.8) is 0 Å². The second-order valence-electron chi connectivity index (χ2n) is 11.0. The molecule has 10 nitrogen and oxygen atoms in total. The molecule has 6 rings (SSSR count). The molecule has 0 saturated carbocycles. The summed E-state index contributed by atoms with van der Waals surface area (Å²) < 4.78 is 29.1. The molecule has 234 valence electrons. The van der Waals surface area contributed by atoms with Gasteiger partial charge in [-0.1, -0.05) is 49.0 Å². The van der Waals surface area contributed by atoms with Crippen LogP contribution in [0.15, 0.2) is 89.6 Å². The van der Waals surface area contributed by atoms with Crippen LogP contribution in [0.3, 0.4) is 0 Å². The van der Waals surface area contributed by atoms with Crippen molar-refractivity contribution in [1.82, 2.24) is 0 Å². The van der Waals surface area contributed by atoms with E-state index in [9.17, 15) is 25.2 Å². The third-order valence-corrected chi connectivity index (χ3v) is 7.90. The number of carbonyl (C=O) groups is 1. The van der Waals surface area contributed by atoms with Crippen molar-refractivity contribution in [2.75, 3.05) is 19.8 Å². The highest BCUT2D eigenvalue weighted by Crippen LogP contribution is 2.46. The number of hydrogen-bond donors (Lipinski definition) is 4. The van der Waals surface area contributed by atoms with Crippen molar-refractivity contribution in [3.05, 3.63) is 102 Å². The number of aliphatic hydroxyl groups excluding tert-OH is 4. The van der Waals surface area contributed by atoms with Gasteiger partial charge in [0.1, 0.15) is 47.3 Å². The molecule has 45 heavy (non-hydrogen) atoms. The van der Waals surface area contributed by atoms with Gasteiger partial charge in [-0.15, -0.1) is 0 Å². The fraction of sp³-hybridized carbons (Fsp3) is 0.286. The minimum atomic E-state index is -1.51. The molecule has 2 aliphatic rings. The summed E-state index contributed by atoms with van der Waals surface area (Å²) >= 11 is 0. The van der Waals surface area contributed by atoms with Crippen LogP contribution in [-0.2, 0) is 9.47 Å². The van der Waals surface area contributed by atoms with Crippen molar-refractivity contribution in [3.8, 4) is 22.6 Å². The number of furan rings is 1. The van der Waals surface area contributed by atoms with Crippen molar-refractivity contribution in [2.24, 2.45) is 0 Å². The molecule has 1 aromatic heterocycles. The lowest BCUT2D eigenvalue weighted by atomic mass is 9.94. The minimum Gasteiger partial charge on any atom is -0.493 e. The van der Waals surface area contributed by atoms with Crippen LogP contribution in [0.5, 0.6) is 11.5 Å². The number of ether oxygens (including phenoxy) is 4. The first-order chi connectivity index (χ1) is 21.8. The zero-order valence-corrected chi connectivity index (χ0v) is 24.6. The summed E-state index contributed by atoms with van der Waals surface area (Å²) in [6, 6.07) is 20.1. The van der Waals surface area contributed by atoms with Crippen molar-refractivity contribution in [2.45, 2.75) is 44.1 Å². The van der Waals surface area contributed by atoms with Crippen LogP contribution < -0.4 is 9.47 Å². The Morgan fingerprint density at radius 2 is 1.76 bits per heavy atom. The quantitative estimate of drug-likeness (QED) is 0.151. The second-order valence-corrected chi connectivity index (χ2v) is 11.0. The third kappa shape index (κ3) is 6.04. The van der Waals surface area contributed by atoms with Crippen LogP contribution in [0.2, 0.25) is 0 Å². The summed E-state index contributed by atoms with van der Waals surface area (Å²) in [6.07, 6.45) is -4.43. The van der Waals surface area contributed by atoms with E-state index >= 15 is 0 Å². The molecule has 4 aromatic rings. The maximum Gasteiger partial charge on any atom is 0.229 e. The van der Waals surface area contributed by atoms with Gasteiger partial charge in [0, 0.05) is 23.1 Å². The van der Waals surface area contributed by atoms with Crippen molar-refractivity contribution >= 4 is 22.3 Å². The van der Waals surface area contributed by atoms with Crippen LogP contribution >= 0.6 is 0 Å². The highest BCUT2D eigenvalue weighted by atomic mass is 16.7. The Balaban J connectivity index is 1.19. The van der Waals surface area contributed by atoms with E-state index in [0.717, 1.165) is 16.7 Å². The number of hydrogen-bond acceptors (Lipinski definition) is 10. The van der Waals surface area contributed by atoms with E-state index in [1.54, 1.807) is 24.3 Å². The number of fused-ring (bicyclic) bond motifs is 3. The molecule has 5 unspecified atom stereocenters. The van der Waals surface area contributed by atoms with Crippen molar-refractivity contribution in [1.29, 1.82) is 0 Å². The standard InChI is InChI=1S/C35H34O10/c1-19-16-20(2)43-33-24(19)12-13-25-28(33)27(21-8-4-3-5-9-21)34(44-25)29(37)22-10-6-11-23(17-22)41-14-7-15-42-35-32(40)31(39)30(38)26(18-36)45-35/h3-6,8-13,16-17,26,30-32,35-36,38-40H,2,7,14-15,18H2,1H3. The summed E-state index contributed by atoms with van der Waals surface area (Å²) in [4.78, 5) is 14.0. The van der Waals surface area contributed by atoms with Gasteiger partial charge in [-0.3, -0.25) is 4.79 Å². The molecule has 0 bridgehead atoms. The van der Waals surface area contributed by atoms with Gasteiger partial charge in [-0.05, 0) is 48.4 Å². The molecule has 3 aromatic carbocycles. The Labute approximate surface area is 259 Å². The normalized spacial score (nSPS) is 22.9. The van der Waals surface area contributed by atoms with E-state index < -0.39 is 37.3 Å². The third-order valence-electron chi connectivity index (χ3n) is 7.90. The Morgan fingerprint density at radius 1 is 0.956 bits per heavy atom. The molecule has 10 heteroatoms. The fourth-order valence-corrected chi connectivity index (χ4v) is 5.61. The van der Waals surface area contributed by atoms with Crippen LogP contribution in [0.1, 0.15) is 35.0 Å². The van der Waals surface area contributed by atoms with E-state index in [1.807, 2.05) is 55.5 Å². The van der Waals surface area contributed by atoms with Gasteiger partial charge in [0.2, 0.25) is 5.78 Å². The Morgan fingerprint density at radius 3 is 2.53 bits per heavy atom. The molecule has 0 radical (unpaired) electrons. The van der Waals surface area contributed by atoms with E-state index in [2.05, 4.69) is 6.58 Å². The molecule has 3 heterocycles. The first kappa shape index (κ1) is 30.7. The largest absolute Gasteiger partial charge is 0.493 e. The Kier molecular flexibility index (Phi) is 8.86. The van der Waals surface area contributed by atoms with Gasteiger partial charge < -0.3 is 43.8 Å². The summed E-state index contributed by atoms with van der Waals surface area (Å²) in [5.41, 5.74) is 4.23. The van der Waals surface area contributed by atoms with E-state index in [4.69, 9.17) is 23.4 Å². The lowest BCUT2D eigenvalue weighted by molar-refractivity contribution is -0.301. The van der Waals surface area contributed by atoms with Gasteiger partial charge >= 0.3 is 0 Å². The first-order valence-electron chi connectivity index (χ1n) is 14.7. The average Bonchev–Trinajstić information content (AvgIpc) is 3.45. The Bertz CT molecular complexity index is 1740. The molecule has 1 saturated heterocycles. The molecular weight excluding hydrogens is 580 g/mol. The molecule has 4 N–H and O–H groups in total. The number of aliphatic hydroxyl groups is 4. The van der Waals surface area contributed by atoms with Gasteiger partial charge in [0.05, 0.1) is 25.2 Å². The first-order valence-corrected chi connectivity index (χ1v) is 14.7. The predicted octanol–water partition coefficient (Wildman–Crippen LogP) is 4.23. The smallest absolute Gasteiger partial charge is 0.229 e. The van der Waals surface area contributed by atoms with Gasteiger partial charge in [-0.25, -0.2) is 0 Å². The van der Waals surface area contributed by atoms with Crippen molar-refractivity contribution < 1.29 is 48.6 Å². The van der Waals surface area contributed by atoms with E-state index in [1.165, 1.54) is 0 Å². The molecule has 0 spiro atoms. The SMILES string of the molecule is C=C1C=C(C)c2ccc3oc(C(=O)c4cccc(OCCCOC5OC(CO)C(O)C(O)C5O)c4)c(-c4ccccc4)c3c2O1. The molecule has 0 aliphatic carbocycles. The molecular formula is C35H34O10. The van der Waals surface area contributed by atoms with Crippen LogP contribution in [0.25, 0.3) is 27.7 Å². The summed E-state index contributed by atoms with van der Waals surface area (Å²) in [7, 11) is 0. The highest BCUT2D eigenvalue weighted by molar-refractivity contribution is 6.17. The minimum absolute atomic E-state index is 0.105. The van der Waals surface area contributed by atoms with E-state index in [0.29, 0.717) is 45.8 Å². The van der Waals surface area contributed by atoms with Crippen LogP contribution in [0.4, 0.5) is 0 Å². The maximum atomic E-state index is 14.0. The zero-order valence-electron chi connectivity index (χ0n) is 24.6. The topological polar surface area (TPSA) is 148 Å². The number of benzene rings is 3. The molecule has 1 fully saturated rings. The Hall–Kier alpha value is -4.29. The number of ketones is 1. The van der Waals surface area contributed by atoms with Crippen LogP contribution in [-0.4, -0.2) is 76.7 Å². The number of carbonyl (C=O) groups excluding carboxylic acids is 1. The predicted molar refractivity (Wildman–Crippen MR) is 165 cm³/mol. The zero-order chi connectivity index (χ0) is 31.7. The monoisotopic (exact) mass is 614 g/mol. The highest BCUT2D eigenvalue weighted by Gasteiger charge is 2.44. The number of allylic oxidation sites excluding steroid dienone is 2. The summed E-state index contributed by atoms with van der Waals surface area (Å²) in [5, 5.41) is 40.0. The molecule has 2 aliphatic heterocycles. The molecule has 5 atom stereocenters. The van der Waals surface area contributed by atoms with Gasteiger partial charge in [-0.2, -0.15) is 0 Å². The lowest BCUT2D eigenvalue weighted by Crippen LogP contribution is -2.59. The summed E-state index contributed by atoms with van der Waals surface area (Å²) in [6.45, 7) is 5.76. The lowest BCUT2D eigenvalue weighted by Gasteiger charge is -2.39. The van der Waals surface area contributed by atoms with Gasteiger partial charge in [0.15, 0.2) is 12.1 Å². The second kappa shape index (κ2) is 13.0. The van der Waals surface area contributed by atoms with Crippen LogP contribution in [0, 0.1) is 0 Å². The van der Waals surface area contributed by atoms with E-state index in [-0.39, 0.29) is 24.8 Å². The maximum absolute atomic E-state index is 14.0.